The average Bonchev–Trinajstić information content (AvgIpc) is 2.48. The Morgan fingerprint density at radius 3 is 2.86 bits per heavy atom. The SMILES string of the molecule is COc1cccc(C(=O)NC(C)CN2CCOCC2)c1N. The third-order valence-corrected chi connectivity index (χ3v) is 3.54. The molecule has 0 aromatic heterocycles. The molecule has 3 N–H and O–H groups in total. The molecule has 116 valence electrons. The smallest absolute Gasteiger partial charge is 0.253 e. The molecule has 0 radical (unpaired) electrons. The largest absolute Gasteiger partial charge is 0.495 e. The summed E-state index contributed by atoms with van der Waals surface area (Å²) in [6.07, 6.45) is 0. The summed E-state index contributed by atoms with van der Waals surface area (Å²) in [7, 11) is 1.54. The van der Waals surface area contributed by atoms with Gasteiger partial charge < -0.3 is 20.5 Å². The zero-order valence-electron chi connectivity index (χ0n) is 12.6. The number of hydrogen-bond donors (Lipinski definition) is 2. The Morgan fingerprint density at radius 1 is 1.48 bits per heavy atom. The number of morpholine rings is 1. The molecule has 2 rings (SSSR count). The summed E-state index contributed by atoms with van der Waals surface area (Å²) in [5.41, 5.74) is 6.76. The number of amides is 1. The maximum absolute atomic E-state index is 12.3. The number of nitrogens with two attached hydrogens (primary N) is 1. The van der Waals surface area contributed by atoms with Crippen molar-refractivity contribution in [2.75, 3.05) is 45.7 Å². The monoisotopic (exact) mass is 293 g/mol. The summed E-state index contributed by atoms with van der Waals surface area (Å²) in [5.74, 6) is 0.343. The van der Waals surface area contributed by atoms with E-state index < -0.39 is 0 Å². The van der Waals surface area contributed by atoms with Gasteiger partial charge in [0.2, 0.25) is 0 Å². The fourth-order valence-corrected chi connectivity index (χ4v) is 2.44. The first-order valence-electron chi connectivity index (χ1n) is 7.15. The van der Waals surface area contributed by atoms with Crippen molar-refractivity contribution in [1.82, 2.24) is 10.2 Å². The van der Waals surface area contributed by atoms with Crippen LogP contribution in [-0.4, -0.2) is 56.8 Å². The van der Waals surface area contributed by atoms with Gasteiger partial charge in [-0.3, -0.25) is 9.69 Å². The lowest BCUT2D eigenvalue weighted by Crippen LogP contribution is -2.46. The van der Waals surface area contributed by atoms with Gasteiger partial charge in [0.15, 0.2) is 0 Å². The number of nitrogens with one attached hydrogen (secondary N) is 1. The van der Waals surface area contributed by atoms with E-state index in [9.17, 15) is 4.79 Å². The van der Waals surface area contributed by atoms with Crippen LogP contribution in [0.15, 0.2) is 18.2 Å². The molecule has 1 aliphatic heterocycles. The number of nitrogen functional groups attached to an aromatic ring is 1. The van der Waals surface area contributed by atoms with Crippen LogP contribution in [0.4, 0.5) is 5.69 Å². The molecule has 1 saturated heterocycles. The van der Waals surface area contributed by atoms with E-state index in [2.05, 4.69) is 10.2 Å². The summed E-state index contributed by atoms with van der Waals surface area (Å²) in [4.78, 5) is 14.6. The van der Waals surface area contributed by atoms with Gasteiger partial charge in [0.25, 0.3) is 5.91 Å². The number of para-hydroxylation sites is 1. The zero-order valence-corrected chi connectivity index (χ0v) is 12.6. The number of carbonyl (C=O) groups is 1. The molecule has 0 bridgehead atoms. The van der Waals surface area contributed by atoms with Gasteiger partial charge in [-0.1, -0.05) is 6.07 Å². The first-order valence-corrected chi connectivity index (χ1v) is 7.15. The van der Waals surface area contributed by atoms with Gasteiger partial charge in [-0.05, 0) is 19.1 Å². The Morgan fingerprint density at radius 2 is 2.19 bits per heavy atom. The third kappa shape index (κ3) is 4.09. The molecule has 1 aliphatic rings. The summed E-state index contributed by atoms with van der Waals surface area (Å²) < 4.78 is 10.4. The standard InChI is InChI=1S/C15H23N3O3/c1-11(10-18-6-8-21-9-7-18)17-15(19)12-4-3-5-13(20-2)14(12)16/h3-5,11H,6-10,16H2,1-2H3,(H,17,19). The van der Waals surface area contributed by atoms with Crippen LogP contribution in [0, 0.1) is 0 Å². The van der Waals surface area contributed by atoms with E-state index in [0.717, 1.165) is 32.8 Å². The quantitative estimate of drug-likeness (QED) is 0.783. The fraction of sp³-hybridized carbons (Fsp3) is 0.533. The van der Waals surface area contributed by atoms with Gasteiger partial charge in [0.05, 0.1) is 31.6 Å². The molecular weight excluding hydrogens is 270 g/mol. The van der Waals surface area contributed by atoms with E-state index >= 15 is 0 Å². The highest BCUT2D eigenvalue weighted by Crippen LogP contribution is 2.24. The van der Waals surface area contributed by atoms with Gasteiger partial charge in [-0.15, -0.1) is 0 Å². The Labute approximate surface area is 125 Å². The van der Waals surface area contributed by atoms with Crippen molar-refractivity contribution in [3.8, 4) is 5.75 Å². The number of methoxy groups -OCH3 is 1. The molecule has 0 saturated carbocycles. The average molecular weight is 293 g/mol. The molecule has 1 heterocycles. The molecule has 1 amide bonds. The molecule has 1 unspecified atom stereocenters. The number of carbonyl (C=O) groups excluding carboxylic acids is 1. The van der Waals surface area contributed by atoms with Crippen LogP contribution in [0.25, 0.3) is 0 Å². The highest BCUT2D eigenvalue weighted by molar-refractivity contribution is 6.00. The number of hydrogen-bond acceptors (Lipinski definition) is 5. The van der Waals surface area contributed by atoms with E-state index in [-0.39, 0.29) is 11.9 Å². The molecule has 1 atom stereocenters. The zero-order chi connectivity index (χ0) is 15.2. The minimum absolute atomic E-state index is 0.0428. The Kier molecular flexibility index (Phi) is 5.41. The van der Waals surface area contributed by atoms with Crippen molar-refractivity contribution in [3.05, 3.63) is 23.8 Å². The van der Waals surface area contributed by atoms with E-state index in [1.807, 2.05) is 6.92 Å². The fourth-order valence-electron chi connectivity index (χ4n) is 2.44. The highest BCUT2D eigenvalue weighted by Gasteiger charge is 2.18. The predicted molar refractivity (Wildman–Crippen MR) is 81.6 cm³/mol. The Hall–Kier alpha value is -1.79. The first-order chi connectivity index (χ1) is 10.1. The summed E-state index contributed by atoms with van der Waals surface area (Å²) in [5, 5.41) is 2.98. The van der Waals surface area contributed by atoms with Gasteiger partial charge in [0, 0.05) is 25.7 Å². The van der Waals surface area contributed by atoms with Crippen LogP contribution in [0.5, 0.6) is 5.75 Å². The topological polar surface area (TPSA) is 76.8 Å². The number of ether oxygens (including phenoxy) is 2. The lowest BCUT2D eigenvalue weighted by molar-refractivity contribution is 0.0342. The van der Waals surface area contributed by atoms with Crippen LogP contribution in [0.1, 0.15) is 17.3 Å². The molecule has 1 aromatic rings. The summed E-state index contributed by atoms with van der Waals surface area (Å²) in [6, 6.07) is 5.25. The van der Waals surface area contributed by atoms with E-state index in [0.29, 0.717) is 17.0 Å². The number of nitrogens with zero attached hydrogens (tertiary/aromatic N) is 1. The van der Waals surface area contributed by atoms with Crippen LogP contribution in [0.3, 0.4) is 0 Å². The van der Waals surface area contributed by atoms with Gasteiger partial charge in [-0.25, -0.2) is 0 Å². The highest BCUT2D eigenvalue weighted by atomic mass is 16.5. The van der Waals surface area contributed by atoms with E-state index in [1.54, 1.807) is 18.2 Å². The van der Waals surface area contributed by atoms with Crippen LogP contribution in [0.2, 0.25) is 0 Å². The number of benzene rings is 1. The Bertz CT molecular complexity index is 487. The normalized spacial score (nSPS) is 17.2. The van der Waals surface area contributed by atoms with Gasteiger partial charge in [-0.2, -0.15) is 0 Å². The van der Waals surface area contributed by atoms with Gasteiger partial charge in [0.1, 0.15) is 5.75 Å². The van der Waals surface area contributed by atoms with E-state index in [4.69, 9.17) is 15.2 Å². The second-order valence-electron chi connectivity index (χ2n) is 5.21. The molecule has 0 aliphatic carbocycles. The lowest BCUT2D eigenvalue weighted by Gasteiger charge is -2.29. The Balaban J connectivity index is 1.94. The minimum atomic E-state index is -0.174. The van der Waals surface area contributed by atoms with E-state index in [1.165, 1.54) is 7.11 Å². The second kappa shape index (κ2) is 7.28. The molecule has 6 heteroatoms. The maximum atomic E-state index is 12.3. The predicted octanol–water partition coefficient (Wildman–Crippen LogP) is 0.728. The van der Waals surface area contributed by atoms with Crippen molar-refractivity contribution < 1.29 is 14.3 Å². The summed E-state index contributed by atoms with van der Waals surface area (Å²) in [6.45, 7) is 6.11. The van der Waals surface area contributed by atoms with Crippen molar-refractivity contribution >= 4 is 11.6 Å². The van der Waals surface area contributed by atoms with Crippen molar-refractivity contribution in [3.63, 3.8) is 0 Å². The number of anilines is 1. The molecule has 6 nitrogen and oxygen atoms in total. The molecule has 0 spiro atoms. The van der Waals surface area contributed by atoms with Gasteiger partial charge >= 0.3 is 0 Å². The molecular formula is C15H23N3O3. The molecule has 21 heavy (non-hydrogen) atoms. The van der Waals surface area contributed by atoms with Crippen LogP contribution >= 0.6 is 0 Å². The van der Waals surface area contributed by atoms with Crippen molar-refractivity contribution in [2.45, 2.75) is 13.0 Å². The first kappa shape index (κ1) is 15.6. The lowest BCUT2D eigenvalue weighted by atomic mass is 10.1. The van der Waals surface area contributed by atoms with Crippen LogP contribution < -0.4 is 15.8 Å². The third-order valence-electron chi connectivity index (χ3n) is 3.54. The van der Waals surface area contributed by atoms with Crippen molar-refractivity contribution in [2.24, 2.45) is 0 Å². The summed E-state index contributed by atoms with van der Waals surface area (Å²) >= 11 is 0. The molecule has 1 aromatic carbocycles. The minimum Gasteiger partial charge on any atom is -0.495 e. The van der Waals surface area contributed by atoms with Crippen LogP contribution in [-0.2, 0) is 4.74 Å². The maximum Gasteiger partial charge on any atom is 0.253 e. The second-order valence-corrected chi connectivity index (χ2v) is 5.21. The van der Waals surface area contributed by atoms with Crippen molar-refractivity contribution in [1.29, 1.82) is 0 Å². The molecule has 1 fully saturated rings. The number of rotatable bonds is 5.